The zero-order chi connectivity index (χ0) is 11.5. The minimum atomic E-state index is -0.305. The number of hydrogen-bond acceptors (Lipinski definition) is 5. The molecule has 0 saturated carbocycles. The number of rotatable bonds is 2. The predicted molar refractivity (Wildman–Crippen MR) is 61.8 cm³/mol. The molecule has 0 atom stereocenters. The number of thiazole rings is 1. The third-order valence-corrected chi connectivity index (χ3v) is 2.68. The van der Waals surface area contributed by atoms with Crippen LogP contribution < -0.4 is 5.32 Å². The number of aromatic nitrogens is 3. The lowest BCUT2D eigenvalue weighted by molar-refractivity contribution is 0.102. The third kappa shape index (κ3) is 2.53. The van der Waals surface area contributed by atoms with E-state index in [1.165, 1.54) is 23.7 Å². The van der Waals surface area contributed by atoms with Crippen LogP contribution in [0.3, 0.4) is 0 Å². The van der Waals surface area contributed by atoms with Crippen LogP contribution in [0, 0.1) is 6.92 Å². The van der Waals surface area contributed by atoms with E-state index in [0.717, 1.165) is 5.01 Å². The molecule has 0 unspecified atom stereocenters. The molecule has 82 valence electrons. The maximum atomic E-state index is 11.6. The van der Waals surface area contributed by atoms with Gasteiger partial charge in [-0.05, 0) is 6.92 Å². The monoisotopic (exact) mass is 254 g/mol. The van der Waals surface area contributed by atoms with Crippen molar-refractivity contribution in [3.8, 4) is 0 Å². The fourth-order valence-corrected chi connectivity index (χ4v) is 1.72. The molecule has 1 amide bonds. The van der Waals surface area contributed by atoms with Gasteiger partial charge >= 0.3 is 0 Å². The van der Waals surface area contributed by atoms with Gasteiger partial charge in [0.05, 0.1) is 17.4 Å². The van der Waals surface area contributed by atoms with Crippen LogP contribution in [-0.4, -0.2) is 20.9 Å². The van der Waals surface area contributed by atoms with Crippen LogP contribution in [0.4, 0.5) is 5.82 Å². The van der Waals surface area contributed by atoms with Crippen LogP contribution in [-0.2, 0) is 0 Å². The molecule has 0 saturated heterocycles. The van der Waals surface area contributed by atoms with Gasteiger partial charge in [-0.1, -0.05) is 11.6 Å². The normalized spacial score (nSPS) is 10.1. The number of hydrogen-bond donors (Lipinski definition) is 1. The molecule has 2 rings (SSSR count). The number of carbonyl (C=O) groups is 1. The summed E-state index contributed by atoms with van der Waals surface area (Å²) in [6.07, 6.45) is 2.75. The molecule has 0 aliphatic heterocycles. The molecular weight excluding hydrogens is 248 g/mol. The molecule has 7 heteroatoms. The Labute approximate surface area is 101 Å². The van der Waals surface area contributed by atoms with Crippen LogP contribution >= 0.6 is 22.9 Å². The number of nitrogens with one attached hydrogen (secondary N) is 1. The fraction of sp³-hybridized carbons (Fsp3) is 0.111. The molecule has 0 bridgehead atoms. The van der Waals surface area contributed by atoms with Crippen molar-refractivity contribution in [2.24, 2.45) is 0 Å². The van der Waals surface area contributed by atoms with Gasteiger partial charge in [0.1, 0.15) is 10.8 Å². The third-order valence-electron chi connectivity index (χ3n) is 1.71. The van der Waals surface area contributed by atoms with Crippen molar-refractivity contribution < 1.29 is 4.79 Å². The van der Waals surface area contributed by atoms with Gasteiger partial charge in [-0.2, -0.15) is 0 Å². The number of halogens is 1. The Morgan fingerprint density at radius 1 is 1.44 bits per heavy atom. The van der Waals surface area contributed by atoms with E-state index in [2.05, 4.69) is 20.3 Å². The van der Waals surface area contributed by atoms with Crippen molar-refractivity contribution in [2.75, 3.05) is 5.32 Å². The van der Waals surface area contributed by atoms with Gasteiger partial charge in [0.2, 0.25) is 0 Å². The highest BCUT2D eigenvalue weighted by Crippen LogP contribution is 2.10. The number of carbonyl (C=O) groups excluding carboxylic acids is 1. The summed E-state index contributed by atoms with van der Waals surface area (Å²) >= 11 is 6.99. The van der Waals surface area contributed by atoms with Crippen molar-refractivity contribution >= 4 is 34.7 Å². The zero-order valence-electron chi connectivity index (χ0n) is 8.27. The number of amides is 1. The van der Waals surface area contributed by atoms with E-state index in [-0.39, 0.29) is 11.1 Å². The molecule has 2 aromatic heterocycles. The summed E-state index contributed by atoms with van der Waals surface area (Å²) in [7, 11) is 0. The smallest absolute Gasteiger partial charge is 0.276 e. The van der Waals surface area contributed by atoms with Gasteiger partial charge in [0, 0.05) is 5.38 Å². The summed E-state index contributed by atoms with van der Waals surface area (Å²) in [6, 6.07) is 0. The van der Waals surface area contributed by atoms with E-state index in [0.29, 0.717) is 11.5 Å². The molecule has 0 aliphatic carbocycles. The lowest BCUT2D eigenvalue weighted by atomic mass is 10.4. The van der Waals surface area contributed by atoms with Crippen LogP contribution in [0.1, 0.15) is 15.5 Å². The molecule has 0 radical (unpaired) electrons. The first-order valence-electron chi connectivity index (χ1n) is 4.36. The highest BCUT2D eigenvalue weighted by molar-refractivity contribution is 7.09. The Morgan fingerprint density at radius 3 is 2.81 bits per heavy atom. The van der Waals surface area contributed by atoms with Crippen LogP contribution in [0.25, 0.3) is 0 Å². The van der Waals surface area contributed by atoms with Crippen molar-refractivity contribution in [1.82, 2.24) is 15.0 Å². The van der Waals surface area contributed by atoms with Crippen molar-refractivity contribution in [2.45, 2.75) is 6.92 Å². The highest BCUT2D eigenvalue weighted by atomic mass is 35.5. The quantitative estimate of drug-likeness (QED) is 0.892. The Bertz CT molecular complexity index is 510. The summed E-state index contributed by atoms with van der Waals surface area (Å²) in [4.78, 5) is 23.4. The summed E-state index contributed by atoms with van der Waals surface area (Å²) < 4.78 is 0. The highest BCUT2D eigenvalue weighted by Gasteiger charge is 2.10. The lowest BCUT2D eigenvalue weighted by Crippen LogP contribution is -2.13. The predicted octanol–water partition coefficient (Wildman–Crippen LogP) is 2.15. The van der Waals surface area contributed by atoms with Gasteiger partial charge < -0.3 is 5.32 Å². The maximum absolute atomic E-state index is 11.6. The van der Waals surface area contributed by atoms with Gasteiger partial charge in [-0.15, -0.1) is 11.3 Å². The largest absolute Gasteiger partial charge is 0.304 e. The summed E-state index contributed by atoms with van der Waals surface area (Å²) in [5, 5.41) is 5.38. The second kappa shape index (κ2) is 4.54. The maximum Gasteiger partial charge on any atom is 0.276 e. The topological polar surface area (TPSA) is 67.8 Å². The first kappa shape index (κ1) is 11.0. The standard InChI is InChI=1S/C9H7ClN4OS/c1-5-13-6(4-16-5)9(15)14-8-3-11-7(10)2-12-8/h2-4H,1H3,(H,12,14,15). The molecule has 16 heavy (non-hydrogen) atoms. The first-order chi connectivity index (χ1) is 7.65. The van der Waals surface area contributed by atoms with E-state index in [4.69, 9.17) is 11.6 Å². The SMILES string of the molecule is Cc1nc(C(=O)Nc2cnc(Cl)cn2)cs1. The molecule has 0 aliphatic rings. The van der Waals surface area contributed by atoms with Crippen LogP contribution in [0.5, 0.6) is 0 Å². The Hall–Kier alpha value is -1.53. The van der Waals surface area contributed by atoms with Gasteiger partial charge in [-0.25, -0.2) is 15.0 Å². The minimum Gasteiger partial charge on any atom is -0.304 e. The van der Waals surface area contributed by atoms with Gasteiger partial charge in [0.15, 0.2) is 5.82 Å². The van der Waals surface area contributed by atoms with Crippen LogP contribution in [0.2, 0.25) is 5.15 Å². The summed E-state index contributed by atoms with van der Waals surface area (Å²) in [5.41, 5.74) is 0.374. The van der Waals surface area contributed by atoms with E-state index in [1.54, 1.807) is 5.38 Å². The average molecular weight is 255 g/mol. The summed E-state index contributed by atoms with van der Waals surface area (Å²) in [6.45, 7) is 1.84. The molecule has 0 spiro atoms. The van der Waals surface area contributed by atoms with Gasteiger partial charge in [0.25, 0.3) is 5.91 Å². The minimum absolute atomic E-state index is 0.280. The molecular formula is C9H7ClN4OS. The second-order valence-corrected chi connectivity index (χ2v) is 4.38. The van der Waals surface area contributed by atoms with Crippen molar-refractivity contribution in [3.05, 3.63) is 33.6 Å². The van der Waals surface area contributed by atoms with Gasteiger partial charge in [-0.3, -0.25) is 4.79 Å². The number of aryl methyl sites for hydroxylation is 1. The Kier molecular flexibility index (Phi) is 3.12. The second-order valence-electron chi connectivity index (χ2n) is 2.93. The molecule has 0 fully saturated rings. The summed E-state index contributed by atoms with van der Waals surface area (Å²) in [5.74, 6) is 0.0426. The van der Waals surface area contributed by atoms with E-state index in [9.17, 15) is 4.79 Å². The number of anilines is 1. The lowest BCUT2D eigenvalue weighted by Gasteiger charge is -2.00. The molecule has 2 aromatic rings. The molecule has 2 heterocycles. The molecule has 1 N–H and O–H groups in total. The van der Waals surface area contributed by atoms with Crippen molar-refractivity contribution in [3.63, 3.8) is 0 Å². The molecule has 5 nitrogen and oxygen atoms in total. The first-order valence-corrected chi connectivity index (χ1v) is 5.62. The Morgan fingerprint density at radius 2 is 2.25 bits per heavy atom. The van der Waals surface area contributed by atoms with Crippen LogP contribution in [0.15, 0.2) is 17.8 Å². The van der Waals surface area contributed by atoms with E-state index < -0.39 is 0 Å². The van der Waals surface area contributed by atoms with E-state index >= 15 is 0 Å². The fourth-order valence-electron chi connectivity index (χ4n) is 1.02. The molecule has 0 aromatic carbocycles. The average Bonchev–Trinajstić information content (AvgIpc) is 2.68. The van der Waals surface area contributed by atoms with Crippen molar-refractivity contribution in [1.29, 1.82) is 0 Å². The van der Waals surface area contributed by atoms with E-state index in [1.807, 2.05) is 6.92 Å². The zero-order valence-corrected chi connectivity index (χ0v) is 9.84. The number of nitrogens with zero attached hydrogens (tertiary/aromatic N) is 3. The Balaban J connectivity index is 2.10.